The molecule has 0 amide bonds. The van der Waals surface area contributed by atoms with Gasteiger partial charge in [0.2, 0.25) is 0 Å². The number of rotatable bonds is 6. The van der Waals surface area contributed by atoms with Crippen molar-refractivity contribution in [3.05, 3.63) is 121 Å². The van der Waals surface area contributed by atoms with Gasteiger partial charge in [-0.1, -0.05) is 142 Å². The maximum Gasteiger partial charge on any atom is 0.154 e. The molecule has 4 heteroatoms. The van der Waals surface area contributed by atoms with Crippen molar-refractivity contribution in [2.45, 2.75) is 26.2 Å². The van der Waals surface area contributed by atoms with Crippen molar-refractivity contribution in [3.8, 4) is 0 Å². The topological polar surface area (TPSA) is 34.1 Å². The summed E-state index contributed by atoms with van der Waals surface area (Å²) < 4.78 is 31.2. The minimum Gasteiger partial charge on any atom is -0.313 e. The van der Waals surface area contributed by atoms with Gasteiger partial charge in [0.05, 0.1) is 5.40 Å². The van der Waals surface area contributed by atoms with Gasteiger partial charge in [-0.15, -0.1) is 0 Å². The number of benzene rings is 4. The second-order valence-electron chi connectivity index (χ2n) is 9.40. The largest absolute Gasteiger partial charge is 0.313 e. The summed E-state index contributed by atoms with van der Waals surface area (Å²) in [4.78, 5) is 0. The van der Waals surface area contributed by atoms with E-state index in [4.69, 9.17) is 0 Å². The lowest BCUT2D eigenvalue weighted by Crippen LogP contribution is -2.40. The van der Waals surface area contributed by atoms with Crippen LogP contribution in [0.4, 0.5) is 0 Å². The van der Waals surface area contributed by atoms with E-state index in [-0.39, 0.29) is 0 Å². The van der Waals surface area contributed by atoms with Crippen molar-refractivity contribution in [2.75, 3.05) is 0 Å². The lowest BCUT2D eigenvalue weighted by molar-refractivity contribution is 0.431. The van der Waals surface area contributed by atoms with E-state index in [1.54, 1.807) is 0 Å². The van der Waals surface area contributed by atoms with Gasteiger partial charge in [0, 0.05) is 21.2 Å². The summed E-state index contributed by atoms with van der Waals surface area (Å²) in [5.41, 5.74) is -0.525. The monoisotopic (exact) mass is 472 g/mol. The quantitative estimate of drug-likeness (QED) is 0.305. The van der Waals surface area contributed by atoms with Gasteiger partial charge in [-0.3, -0.25) is 0 Å². The van der Waals surface area contributed by atoms with Crippen LogP contribution in [0.25, 0.3) is 0 Å². The highest BCUT2D eigenvalue weighted by atomic mass is 31.2. The number of hydrogen-bond acceptors (Lipinski definition) is 2. The summed E-state index contributed by atoms with van der Waals surface area (Å²) in [6.07, 6.45) is 0. The summed E-state index contributed by atoms with van der Waals surface area (Å²) in [7, 11) is -6.74. The molecule has 0 aliphatic rings. The molecule has 0 atom stereocenters. The molecule has 2 nitrogen and oxygen atoms in total. The Hall–Kier alpha value is -2.66. The first-order chi connectivity index (χ1) is 15.8. The Kier molecular flexibility index (Phi) is 6.62. The first kappa shape index (κ1) is 23.5. The van der Waals surface area contributed by atoms with E-state index in [9.17, 15) is 0 Å². The molecule has 0 saturated heterocycles. The van der Waals surface area contributed by atoms with Gasteiger partial charge < -0.3 is 9.13 Å². The van der Waals surface area contributed by atoms with Crippen LogP contribution in [0.15, 0.2) is 121 Å². The van der Waals surface area contributed by atoms with Crippen LogP contribution in [0.2, 0.25) is 0 Å². The molecule has 0 spiro atoms. The van der Waals surface area contributed by atoms with Crippen molar-refractivity contribution >= 4 is 35.5 Å². The molecule has 4 aromatic carbocycles. The Morgan fingerprint density at radius 3 is 0.848 bits per heavy atom. The van der Waals surface area contributed by atoms with Crippen LogP contribution in [0.3, 0.4) is 0 Å². The van der Waals surface area contributed by atoms with Crippen LogP contribution in [-0.2, 0) is 9.13 Å². The predicted molar refractivity (Wildman–Crippen MR) is 143 cm³/mol. The molecule has 0 N–H and O–H groups in total. The molecular weight excluding hydrogens is 442 g/mol. The van der Waals surface area contributed by atoms with E-state index in [0.717, 1.165) is 21.2 Å². The van der Waals surface area contributed by atoms with Gasteiger partial charge in [0.25, 0.3) is 0 Å². The normalized spacial score (nSPS) is 12.6. The molecule has 4 rings (SSSR count). The zero-order valence-corrected chi connectivity index (χ0v) is 21.1. The second-order valence-corrected chi connectivity index (χ2v) is 15.5. The van der Waals surface area contributed by atoms with E-state index in [1.165, 1.54) is 0 Å². The van der Waals surface area contributed by atoms with Gasteiger partial charge in [-0.05, 0) is 5.41 Å². The third-order valence-electron chi connectivity index (χ3n) is 6.02. The molecule has 0 bridgehead atoms. The zero-order valence-electron chi connectivity index (χ0n) is 19.3. The SMILES string of the molecule is CC(C)(C)C(P(=O)(c1ccccc1)c1ccccc1)P(=O)(c1ccccc1)c1ccccc1. The summed E-state index contributed by atoms with van der Waals surface area (Å²) in [5, 5.41) is 2.32. The van der Waals surface area contributed by atoms with Crippen molar-refractivity contribution in [3.63, 3.8) is 0 Å². The van der Waals surface area contributed by atoms with Gasteiger partial charge >= 0.3 is 0 Å². The smallest absolute Gasteiger partial charge is 0.154 e. The van der Waals surface area contributed by atoms with E-state index < -0.39 is 25.1 Å². The fourth-order valence-electron chi connectivity index (χ4n) is 4.78. The van der Waals surface area contributed by atoms with Gasteiger partial charge in [-0.2, -0.15) is 0 Å². The third kappa shape index (κ3) is 4.31. The Morgan fingerprint density at radius 2 is 0.667 bits per heavy atom. The van der Waals surface area contributed by atoms with Crippen LogP contribution in [0.5, 0.6) is 0 Å². The van der Waals surface area contributed by atoms with Crippen molar-refractivity contribution in [1.29, 1.82) is 0 Å². The third-order valence-corrected chi connectivity index (χ3v) is 15.2. The molecule has 0 saturated carbocycles. The molecule has 168 valence electrons. The first-order valence-electron chi connectivity index (χ1n) is 11.2. The highest BCUT2D eigenvalue weighted by Crippen LogP contribution is 2.70. The Bertz CT molecular complexity index is 1100. The maximum absolute atomic E-state index is 15.6. The lowest BCUT2D eigenvalue weighted by atomic mass is 10.00. The molecule has 0 unspecified atom stereocenters. The molecule has 33 heavy (non-hydrogen) atoms. The Labute approximate surface area is 197 Å². The first-order valence-corrected chi connectivity index (χ1v) is 14.8. The maximum atomic E-state index is 15.6. The summed E-state index contributed by atoms with van der Waals surface area (Å²) in [5.74, 6) is 0. The van der Waals surface area contributed by atoms with Crippen LogP contribution < -0.4 is 21.2 Å². The van der Waals surface area contributed by atoms with Crippen LogP contribution >= 0.6 is 14.3 Å². The summed E-state index contributed by atoms with van der Waals surface area (Å²) >= 11 is 0. The average Bonchev–Trinajstić information content (AvgIpc) is 2.85. The summed E-state index contributed by atoms with van der Waals surface area (Å²) in [6, 6.07) is 38.4. The van der Waals surface area contributed by atoms with E-state index >= 15 is 9.13 Å². The standard InChI is InChI=1S/C29H30O2P2/c1-29(2,3)28(32(30,24-16-8-4-9-17-24)25-18-10-5-11-19-25)33(31,26-20-12-6-13-21-26)27-22-14-7-15-23-27/h4-23,28H,1-3H3. The molecule has 0 heterocycles. The van der Waals surface area contributed by atoms with Gasteiger partial charge in [-0.25, -0.2) is 0 Å². The van der Waals surface area contributed by atoms with Crippen LogP contribution in [0, 0.1) is 5.41 Å². The van der Waals surface area contributed by atoms with E-state index in [1.807, 2.05) is 121 Å². The molecule has 0 radical (unpaired) electrons. The second kappa shape index (κ2) is 9.30. The highest BCUT2D eigenvalue weighted by Gasteiger charge is 2.54. The minimum absolute atomic E-state index is 0.525. The highest BCUT2D eigenvalue weighted by molar-refractivity contribution is 7.95. The molecule has 0 fully saturated rings. The van der Waals surface area contributed by atoms with Crippen molar-refractivity contribution in [1.82, 2.24) is 0 Å². The predicted octanol–water partition coefficient (Wildman–Crippen LogP) is 6.39. The van der Waals surface area contributed by atoms with Crippen LogP contribution in [-0.4, -0.2) is 5.40 Å². The minimum atomic E-state index is -3.37. The van der Waals surface area contributed by atoms with Gasteiger partial charge in [0.15, 0.2) is 14.3 Å². The van der Waals surface area contributed by atoms with Crippen molar-refractivity contribution < 1.29 is 9.13 Å². The fraction of sp³-hybridized carbons (Fsp3) is 0.172. The fourth-order valence-corrected chi connectivity index (χ4v) is 14.6. The molecule has 0 aromatic heterocycles. The summed E-state index contributed by atoms with van der Waals surface area (Å²) in [6.45, 7) is 6.19. The Morgan fingerprint density at radius 1 is 0.455 bits per heavy atom. The zero-order chi connectivity index (χ0) is 23.5. The molecule has 4 aromatic rings. The van der Waals surface area contributed by atoms with Crippen LogP contribution in [0.1, 0.15) is 20.8 Å². The molecule has 0 aliphatic carbocycles. The lowest BCUT2D eigenvalue weighted by Gasteiger charge is -2.43. The van der Waals surface area contributed by atoms with E-state index in [0.29, 0.717) is 0 Å². The molecular formula is C29H30O2P2. The van der Waals surface area contributed by atoms with E-state index in [2.05, 4.69) is 20.8 Å². The van der Waals surface area contributed by atoms with Crippen molar-refractivity contribution in [2.24, 2.45) is 5.41 Å². The van der Waals surface area contributed by atoms with Gasteiger partial charge in [0.1, 0.15) is 0 Å². The average molecular weight is 473 g/mol. The molecule has 0 aliphatic heterocycles. The number of hydrogen-bond donors (Lipinski definition) is 0. The Balaban J connectivity index is 2.14.